The smallest absolute Gasteiger partial charge is 0.397 e. The van der Waals surface area contributed by atoms with E-state index in [1.54, 1.807) is 0 Å². The molecular formula is C6H17NO9S2. The van der Waals surface area contributed by atoms with Gasteiger partial charge in [0, 0.05) is 0 Å². The van der Waals surface area contributed by atoms with Crippen LogP contribution in [0.1, 0.15) is 0 Å². The molecule has 1 atom stereocenters. The molecule has 0 saturated heterocycles. The highest BCUT2D eigenvalue weighted by atomic mass is 32.3. The van der Waals surface area contributed by atoms with Crippen molar-refractivity contribution in [3.8, 4) is 0 Å². The Hall–Kier alpha value is -0.340. The van der Waals surface area contributed by atoms with E-state index in [2.05, 4.69) is 4.18 Å². The number of likely N-dealkylation sites (N-methyl/N-ethyl adjacent to an activating group) is 1. The van der Waals surface area contributed by atoms with Crippen molar-refractivity contribution in [2.24, 2.45) is 0 Å². The average molecular weight is 311 g/mol. The van der Waals surface area contributed by atoms with Crippen LogP contribution in [-0.4, -0.2) is 80.5 Å². The number of aliphatic hydroxyl groups excluding tert-OH is 1. The van der Waals surface area contributed by atoms with Crippen LogP contribution in [0.4, 0.5) is 0 Å². The maximum absolute atomic E-state index is 10.3. The molecule has 0 aliphatic heterocycles. The molecule has 0 aromatic carbocycles. The summed E-state index contributed by atoms with van der Waals surface area (Å²) in [6.07, 6.45) is -0.907. The predicted molar refractivity (Wildman–Crippen MR) is 58.7 cm³/mol. The van der Waals surface area contributed by atoms with Crippen molar-refractivity contribution in [2.45, 2.75) is 6.10 Å². The van der Waals surface area contributed by atoms with Gasteiger partial charge in [-0.05, 0) is 0 Å². The highest BCUT2D eigenvalue weighted by molar-refractivity contribution is 7.81. The second-order valence-electron chi connectivity index (χ2n) is 4.23. The normalized spacial score (nSPS) is 14.6. The van der Waals surface area contributed by atoms with Gasteiger partial charge in [-0.25, -0.2) is 12.6 Å². The monoisotopic (exact) mass is 311 g/mol. The summed E-state index contributed by atoms with van der Waals surface area (Å²) >= 11 is 0. The molecule has 0 aromatic rings. The molecule has 0 aliphatic carbocycles. The van der Waals surface area contributed by atoms with E-state index in [1.807, 2.05) is 21.1 Å². The predicted octanol–water partition coefficient (Wildman–Crippen LogP) is -2.12. The first-order valence-electron chi connectivity index (χ1n) is 4.39. The van der Waals surface area contributed by atoms with Crippen LogP contribution in [0, 0.1) is 0 Å². The minimum atomic E-state index is -4.92. The lowest BCUT2D eigenvalue weighted by molar-refractivity contribution is -0.873. The molecule has 10 nitrogen and oxygen atoms in total. The van der Waals surface area contributed by atoms with Gasteiger partial charge in [0.05, 0.1) is 27.7 Å². The van der Waals surface area contributed by atoms with Crippen LogP contribution in [0.25, 0.3) is 0 Å². The Morgan fingerprint density at radius 2 is 1.50 bits per heavy atom. The fourth-order valence-corrected chi connectivity index (χ4v) is 1.37. The summed E-state index contributed by atoms with van der Waals surface area (Å²) < 4.78 is 66.4. The summed E-state index contributed by atoms with van der Waals surface area (Å²) in [6, 6.07) is 0. The number of hydrogen-bond acceptors (Lipinski definition) is 7. The Morgan fingerprint density at radius 3 is 1.67 bits per heavy atom. The Bertz CT molecular complexity index is 412. The van der Waals surface area contributed by atoms with Gasteiger partial charge in [-0.1, -0.05) is 0 Å². The van der Waals surface area contributed by atoms with E-state index in [4.69, 9.17) is 27.2 Å². The van der Waals surface area contributed by atoms with Crippen LogP contribution in [0.3, 0.4) is 0 Å². The molecule has 0 spiro atoms. The van der Waals surface area contributed by atoms with Crippen LogP contribution in [0.5, 0.6) is 0 Å². The fraction of sp³-hybridized carbons (Fsp3) is 1.00. The average Bonchev–Trinajstić information content (AvgIpc) is 1.93. The van der Waals surface area contributed by atoms with E-state index < -0.39 is 33.5 Å². The maximum Gasteiger partial charge on any atom is 0.397 e. The minimum Gasteiger partial charge on any atom is -0.726 e. The summed E-state index contributed by atoms with van der Waals surface area (Å²) in [5.74, 6) is 0. The summed E-state index contributed by atoms with van der Waals surface area (Å²) in [4.78, 5) is 0. The summed E-state index contributed by atoms with van der Waals surface area (Å²) in [6.45, 7) is -0.161. The Labute approximate surface area is 106 Å². The number of nitrogens with zero attached hydrogens (tertiary/aromatic N) is 1. The van der Waals surface area contributed by atoms with Crippen molar-refractivity contribution in [1.29, 1.82) is 0 Å². The lowest BCUT2D eigenvalue weighted by Gasteiger charge is -2.27. The number of hydrogen-bond donors (Lipinski definition) is 3. The van der Waals surface area contributed by atoms with Crippen LogP contribution in [-0.2, 0) is 25.0 Å². The van der Waals surface area contributed by atoms with Gasteiger partial charge in [-0.15, -0.1) is 0 Å². The molecule has 0 bridgehead atoms. The van der Waals surface area contributed by atoms with Gasteiger partial charge >= 0.3 is 10.4 Å². The topological polar surface area (TPSA) is 161 Å². The molecule has 0 rings (SSSR count). The molecule has 12 heteroatoms. The largest absolute Gasteiger partial charge is 0.726 e. The molecule has 0 radical (unpaired) electrons. The first-order chi connectivity index (χ1) is 7.64. The molecule has 1 unspecified atom stereocenters. The molecule has 0 heterocycles. The highest BCUT2D eigenvalue weighted by Crippen LogP contribution is 2.02. The third-order valence-corrected chi connectivity index (χ3v) is 1.73. The molecule has 0 saturated carbocycles. The van der Waals surface area contributed by atoms with E-state index in [9.17, 15) is 8.42 Å². The maximum atomic E-state index is 10.3. The Balaban J connectivity index is 0. The lowest BCUT2D eigenvalue weighted by Crippen LogP contribution is -2.44. The first kappa shape index (κ1) is 20.0. The number of rotatable bonds is 5. The standard InChI is InChI=1S/C6H15NO5S.H2O4S/c1-7(2,3)4-6(5-8)12-13(9,10)11;1-5(2,3)4/h6,8H,4-5H2,1-3H3;(H2,1,2,3,4). The molecular weight excluding hydrogens is 294 g/mol. The first-order valence-corrected chi connectivity index (χ1v) is 7.12. The molecule has 0 aliphatic rings. The van der Waals surface area contributed by atoms with Crippen molar-refractivity contribution >= 4 is 20.8 Å². The van der Waals surface area contributed by atoms with Gasteiger partial charge in [0.1, 0.15) is 6.54 Å². The van der Waals surface area contributed by atoms with Crippen LogP contribution >= 0.6 is 0 Å². The van der Waals surface area contributed by atoms with Crippen molar-refractivity contribution in [1.82, 2.24) is 0 Å². The molecule has 0 fully saturated rings. The minimum absolute atomic E-state index is 0.288. The quantitative estimate of drug-likeness (QED) is 0.292. The zero-order valence-corrected chi connectivity index (χ0v) is 11.7. The van der Waals surface area contributed by atoms with Gasteiger partial charge in [0.25, 0.3) is 0 Å². The zero-order valence-electron chi connectivity index (χ0n) is 10.0. The van der Waals surface area contributed by atoms with Crippen LogP contribution < -0.4 is 0 Å². The van der Waals surface area contributed by atoms with Crippen molar-refractivity contribution in [2.75, 3.05) is 34.3 Å². The third-order valence-electron chi connectivity index (χ3n) is 1.21. The van der Waals surface area contributed by atoms with E-state index in [0.29, 0.717) is 4.48 Å². The van der Waals surface area contributed by atoms with E-state index in [-0.39, 0.29) is 6.54 Å². The van der Waals surface area contributed by atoms with Gasteiger partial charge in [-0.2, -0.15) is 8.42 Å². The van der Waals surface area contributed by atoms with Crippen molar-refractivity contribution < 1.29 is 44.3 Å². The summed E-state index contributed by atoms with van der Waals surface area (Å²) in [7, 11) is -3.95. The van der Waals surface area contributed by atoms with E-state index in [1.165, 1.54) is 0 Å². The van der Waals surface area contributed by atoms with Crippen molar-refractivity contribution in [3.63, 3.8) is 0 Å². The van der Waals surface area contributed by atoms with Crippen LogP contribution in [0.2, 0.25) is 0 Å². The summed E-state index contributed by atoms with van der Waals surface area (Å²) in [5.41, 5.74) is 0. The molecule has 0 aromatic heterocycles. The van der Waals surface area contributed by atoms with Gasteiger partial charge in [-0.3, -0.25) is 9.11 Å². The van der Waals surface area contributed by atoms with Gasteiger partial charge in [0.15, 0.2) is 6.10 Å². The summed E-state index contributed by atoms with van der Waals surface area (Å²) in [5, 5.41) is 8.74. The van der Waals surface area contributed by atoms with Gasteiger partial charge < -0.3 is 14.1 Å². The molecule has 3 N–H and O–H groups in total. The third kappa shape index (κ3) is 24.8. The molecule has 0 amide bonds. The zero-order chi connectivity index (χ0) is 15.2. The van der Waals surface area contributed by atoms with Gasteiger partial charge in [0.2, 0.25) is 10.4 Å². The fourth-order valence-electron chi connectivity index (χ4n) is 0.901. The number of quaternary nitrogens is 1. The van der Waals surface area contributed by atoms with Crippen LogP contribution in [0.15, 0.2) is 0 Å². The molecule has 112 valence electrons. The van der Waals surface area contributed by atoms with E-state index >= 15 is 0 Å². The second-order valence-corrected chi connectivity index (χ2v) is 6.13. The van der Waals surface area contributed by atoms with E-state index in [0.717, 1.165) is 0 Å². The molecule has 18 heavy (non-hydrogen) atoms. The highest BCUT2D eigenvalue weighted by Gasteiger charge is 2.22. The Morgan fingerprint density at radius 1 is 1.17 bits per heavy atom. The lowest BCUT2D eigenvalue weighted by atomic mass is 10.3. The Kier molecular flexibility index (Phi) is 8.10. The number of aliphatic hydroxyl groups is 1. The SMILES string of the molecule is C[N+](C)(C)CC(CO)OS(=O)(=O)O.O=S(=O)([O-])O. The second kappa shape index (κ2) is 7.30. The van der Waals surface area contributed by atoms with Crippen molar-refractivity contribution in [3.05, 3.63) is 0 Å².